The van der Waals surface area contributed by atoms with Crippen LogP contribution in [-0.4, -0.2) is 29.2 Å². The zero-order valence-electron chi connectivity index (χ0n) is 12.3. The number of rotatable bonds is 6. The smallest absolute Gasteiger partial charge is 0.240 e. The van der Waals surface area contributed by atoms with Crippen molar-refractivity contribution in [3.05, 3.63) is 10.9 Å². The normalized spacial score (nSPS) is 11.8. The fraction of sp³-hybridized carbons (Fsp3) is 0.538. The summed E-state index contributed by atoms with van der Waals surface area (Å²) >= 11 is 1.66. The number of hydrogen-bond donors (Lipinski definition) is 3. The Morgan fingerprint density at radius 3 is 2.75 bits per heavy atom. The van der Waals surface area contributed by atoms with Crippen molar-refractivity contribution in [2.75, 3.05) is 24.4 Å². The summed E-state index contributed by atoms with van der Waals surface area (Å²) in [6.07, 6.45) is 0.982. The van der Waals surface area contributed by atoms with E-state index in [0.717, 1.165) is 22.5 Å². The van der Waals surface area contributed by atoms with E-state index in [9.17, 15) is 0 Å². The summed E-state index contributed by atoms with van der Waals surface area (Å²) in [5.41, 5.74) is 2.24. The summed E-state index contributed by atoms with van der Waals surface area (Å²) in [4.78, 5) is 11.0. The topological polar surface area (TPSA) is 85.1 Å². The van der Waals surface area contributed by atoms with Crippen LogP contribution in [0.2, 0.25) is 0 Å². The maximum Gasteiger partial charge on any atom is 0.240 e. The molecule has 6 nitrogen and oxygen atoms in total. The molecule has 0 unspecified atom stereocenters. The zero-order chi connectivity index (χ0) is 14.8. The van der Waals surface area contributed by atoms with Crippen molar-refractivity contribution < 1.29 is 4.74 Å². The fourth-order valence-electron chi connectivity index (χ4n) is 1.71. The van der Waals surface area contributed by atoms with Gasteiger partial charge in [0.25, 0.3) is 0 Å². The van der Waals surface area contributed by atoms with Crippen LogP contribution in [-0.2, 0) is 11.2 Å². The lowest BCUT2D eigenvalue weighted by molar-refractivity contribution is 0.0343. The summed E-state index contributed by atoms with van der Waals surface area (Å²) in [6.45, 7) is 6.81. The van der Waals surface area contributed by atoms with Gasteiger partial charge < -0.3 is 10.1 Å². The highest BCUT2D eigenvalue weighted by molar-refractivity contribution is 7.18. The summed E-state index contributed by atoms with van der Waals surface area (Å²) in [6, 6.07) is 2.13. The van der Waals surface area contributed by atoms with Gasteiger partial charge in [0, 0.05) is 18.5 Å². The van der Waals surface area contributed by atoms with E-state index in [0.29, 0.717) is 12.5 Å². The van der Waals surface area contributed by atoms with Gasteiger partial charge in [-0.25, -0.2) is 10.8 Å². The van der Waals surface area contributed by atoms with Crippen LogP contribution in [0.25, 0.3) is 10.2 Å². The summed E-state index contributed by atoms with van der Waals surface area (Å²) in [7, 11) is 1.70. The molecule has 2 aromatic heterocycles. The monoisotopic (exact) mass is 295 g/mol. The van der Waals surface area contributed by atoms with E-state index in [1.165, 1.54) is 4.88 Å². The first-order valence-electron chi connectivity index (χ1n) is 6.55. The predicted octanol–water partition coefficient (Wildman–Crippen LogP) is 2.38. The number of aromatic nitrogens is 2. The van der Waals surface area contributed by atoms with Crippen molar-refractivity contribution in [2.24, 2.45) is 5.84 Å². The molecule has 2 aromatic rings. The van der Waals surface area contributed by atoms with E-state index < -0.39 is 0 Å². The quantitative estimate of drug-likeness (QED) is 0.560. The number of methoxy groups -OCH3 is 1. The highest BCUT2D eigenvalue weighted by Crippen LogP contribution is 2.30. The summed E-state index contributed by atoms with van der Waals surface area (Å²) < 4.78 is 5.41. The van der Waals surface area contributed by atoms with Gasteiger partial charge in [-0.05, 0) is 26.3 Å². The molecular weight excluding hydrogens is 274 g/mol. The second-order valence-corrected chi connectivity index (χ2v) is 6.26. The van der Waals surface area contributed by atoms with Gasteiger partial charge in [-0.1, -0.05) is 6.92 Å². The Morgan fingerprint density at radius 2 is 2.15 bits per heavy atom. The number of aryl methyl sites for hydroxylation is 1. The number of hydrazine groups is 1. The molecule has 0 atom stereocenters. The lowest BCUT2D eigenvalue weighted by atomic mass is 10.1. The van der Waals surface area contributed by atoms with Gasteiger partial charge in [0.2, 0.25) is 5.95 Å². The van der Waals surface area contributed by atoms with Gasteiger partial charge in [0.15, 0.2) is 0 Å². The maximum atomic E-state index is 5.43. The van der Waals surface area contributed by atoms with Crippen LogP contribution < -0.4 is 16.6 Å². The minimum atomic E-state index is -0.267. The van der Waals surface area contributed by atoms with Crippen LogP contribution in [0, 0.1) is 0 Å². The van der Waals surface area contributed by atoms with Crippen LogP contribution >= 0.6 is 11.3 Å². The van der Waals surface area contributed by atoms with Gasteiger partial charge in [-0.15, -0.1) is 11.3 Å². The van der Waals surface area contributed by atoms with Crippen molar-refractivity contribution in [1.82, 2.24) is 9.97 Å². The van der Waals surface area contributed by atoms with E-state index >= 15 is 0 Å². The highest BCUT2D eigenvalue weighted by Gasteiger charge is 2.18. The number of hydrogen-bond acceptors (Lipinski definition) is 7. The molecule has 0 aliphatic heterocycles. The summed E-state index contributed by atoms with van der Waals surface area (Å²) in [5, 5.41) is 4.35. The molecule has 20 heavy (non-hydrogen) atoms. The fourth-order valence-corrected chi connectivity index (χ4v) is 2.68. The molecule has 110 valence electrons. The van der Waals surface area contributed by atoms with Gasteiger partial charge in [0.05, 0.1) is 11.0 Å². The van der Waals surface area contributed by atoms with E-state index in [4.69, 9.17) is 10.6 Å². The third-order valence-electron chi connectivity index (χ3n) is 3.16. The largest absolute Gasteiger partial charge is 0.377 e. The molecule has 0 saturated heterocycles. The molecule has 7 heteroatoms. The SMILES string of the molecule is CCc1cc2c(NCC(C)(C)OC)nc(NN)nc2s1. The Labute approximate surface area is 122 Å². The third-order valence-corrected chi connectivity index (χ3v) is 4.33. The first-order valence-corrected chi connectivity index (χ1v) is 7.37. The molecule has 0 fully saturated rings. The standard InChI is InChI=1S/C13H21N5OS/c1-5-8-6-9-10(15-7-13(2,3)19-4)16-12(18-14)17-11(9)20-8/h6H,5,7,14H2,1-4H3,(H2,15,16,17,18). The molecule has 0 aromatic carbocycles. The Balaban J connectivity index is 2.36. The average molecular weight is 295 g/mol. The molecule has 0 aliphatic carbocycles. The lowest BCUT2D eigenvalue weighted by Gasteiger charge is -2.23. The zero-order valence-corrected chi connectivity index (χ0v) is 13.1. The first kappa shape index (κ1) is 15.0. The van der Waals surface area contributed by atoms with Crippen LogP contribution in [0.1, 0.15) is 25.6 Å². The lowest BCUT2D eigenvalue weighted by Crippen LogP contribution is -2.32. The Hall–Kier alpha value is -1.44. The number of nitrogens with zero attached hydrogens (tertiary/aromatic N) is 2. The first-order chi connectivity index (χ1) is 9.49. The molecule has 2 heterocycles. The predicted molar refractivity (Wildman–Crippen MR) is 84.2 cm³/mol. The molecule has 0 radical (unpaired) electrons. The van der Waals surface area contributed by atoms with Crippen LogP contribution in [0.5, 0.6) is 0 Å². The minimum Gasteiger partial charge on any atom is -0.377 e. The number of nitrogens with one attached hydrogen (secondary N) is 2. The van der Waals surface area contributed by atoms with Crippen molar-refractivity contribution in [1.29, 1.82) is 0 Å². The van der Waals surface area contributed by atoms with E-state index in [-0.39, 0.29) is 5.60 Å². The van der Waals surface area contributed by atoms with Crippen LogP contribution in [0.3, 0.4) is 0 Å². The Bertz CT molecular complexity index is 596. The number of nitrogen functional groups attached to an aromatic ring is 1. The summed E-state index contributed by atoms with van der Waals surface area (Å²) in [5.74, 6) is 6.63. The molecule has 2 rings (SSSR count). The van der Waals surface area contributed by atoms with Crippen molar-refractivity contribution in [2.45, 2.75) is 32.8 Å². The molecule has 0 aliphatic rings. The molecular formula is C13H21N5OS. The number of fused-ring (bicyclic) bond motifs is 1. The number of anilines is 2. The molecule has 0 saturated carbocycles. The molecule has 0 bridgehead atoms. The van der Waals surface area contributed by atoms with E-state index in [1.807, 2.05) is 13.8 Å². The van der Waals surface area contributed by atoms with Crippen LogP contribution in [0.15, 0.2) is 6.07 Å². The minimum absolute atomic E-state index is 0.267. The second kappa shape index (κ2) is 5.90. The van der Waals surface area contributed by atoms with Gasteiger partial charge in [-0.2, -0.15) is 4.98 Å². The van der Waals surface area contributed by atoms with E-state index in [2.05, 4.69) is 33.7 Å². The molecule has 0 amide bonds. The van der Waals surface area contributed by atoms with Gasteiger partial charge >= 0.3 is 0 Å². The maximum absolute atomic E-state index is 5.43. The molecule has 4 N–H and O–H groups in total. The Morgan fingerprint density at radius 1 is 1.40 bits per heavy atom. The van der Waals surface area contributed by atoms with Crippen molar-refractivity contribution >= 4 is 33.3 Å². The van der Waals surface area contributed by atoms with Crippen molar-refractivity contribution in [3.8, 4) is 0 Å². The number of ether oxygens (including phenoxy) is 1. The van der Waals surface area contributed by atoms with Crippen LogP contribution in [0.4, 0.5) is 11.8 Å². The third kappa shape index (κ3) is 3.17. The van der Waals surface area contributed by atoms with Gasteiger partial charge in [-0.3, -0.25) is 5.43 Å². The van der Waals surface area contributed by atoms with Gasteiger partial charge in [0.1, 0.15) is 10.6 Å². The number of nitrogens with two attached hydrogens (primary N) is 1. The number of thiophene rings is 1. The Kier molecular flexibility index (Phi) is 4.42. The second-order valence-electron chi connectivity index (χ2n) is 5.14. The average Bonchev–Trinajstić information content (AvgIpc) is 2.87. The molecule has 0 spiro atoms. The van der Waals surface area contributed by atoms with Crippen molar-refractivity contribution in [3.63, 3.8) is 0 Å². The van der Waals surface area contributed by atoms with E-state index in [1.54, 1.807) is 18.4 Å². The highest BCUT2D eigenvalue weighted by atomic mass is 32.1.